The zero-order chi connectivity index (χ0) is 13.3. The minimum atomic E-state index is -4.31. The molecule has 0 aromatic carbocycles. The molecular weight excluding hydrogens is 281 g/mol. The highest BCUT2D eigenvalue weighted by Gasteiger charge is 2.33. The van der Waals surface area contributed by atoms with E-state index in [2.05, 4.69) is 4.98 Å². The Labute approximate surface area is 111 Å². The lowest BCUT2D eigenvalue weighted by Crippen LogP contribution is -2.14. The van der Waals surface area contributed by atoms with Gasteiger partial charge in [0.25, 0.3) is 0 Å². The number of alkyl halides is 3. The van der Waals surface area contributed by atoms with Gasteiger partial charge in [-0.15, -0.1) is 11.3 Å². The van der Waals surface area contributed by atoms with Crippen LogP contribution in [0.5, 0.6) is 0 Å². The number of nitrogens with zero attached hydrogens (tertiary/aromatic N) is 2. The summed E-state index contributed by atoms with van der Waals surface area (Å²) in [6, 6.07) is 3.98. The first-order chi connectivity index (χ1) is 8.36. The van der Waals surface area contributed by atoms with Gasteiger partial charge in [0.15, 0.2) is 5.13 Å². The zero-order valence-electron chi connectivity index (χ0n) is 9.78. The Morgan fingerprint density at radius 3 is 2.50 bits per heavy atom. The van der Waals surface area contributed by atoms with Crippen molar-refractivity contribution in [3.8, 4) is 0 Å². The van der Waals surface area contributed by atoms with Crippen molar-refractivity contribution in [2.75, 3.05) is 11.9 Å². The molecule has 0 amide bonds. The zero-order valence-corrected chi connectivity index (χ0v) is 11.4. The summed E-state index contributed by atoms with van der Waals surface area (Å²) in [6.45, 7) is 2.57. The fourth-order valence-electron chi connectivity index (χ4n) is 1.44. The van der Waals surface area contributed by atoms with E-state index in [0.717, 1.165) is 11.1 Å². The van der Waals surface area contributed by atoms with Gasteiger partial charge < -0.3 is 4.90 Å². The number of aromatic nitrogens is 1. The maximum Gasteiger partial charge on any atom is 0.427 e. The molecule has 0 fully saturated rings. The van der Waals surface area contributed by atoms with E-state index in [1.165, 1.54) is 4.88 Å². The summed E-state index contributed by atoms with van der Waals surface area (Å²) < 4.78 is 37.3. The molecule has 0 aliphatic heterocycles. The summed E-state index contributed by atoms with van der Waals surface area (Å²) in [5.41, 5.74) is 0. The molecule has 2 aromatic heterocycles. The van der Waals surface area contributed by atoms with Gasteiger partial charge in [-0.3, -0.25) is 0 Å². The van der Waals surface area contributed by atoms with Crippen molar-refractivity contribution < 1.29 is 13.2 Å². The smallest absolute Gasteiger partial charge is 0.346 e. The molecule has 2 rings (SSSR count). The lowest BCUT2D eigenvalue weighted by molar-refractivity contribution is -0.134. The molecule has 18 heavy (non-hydrogen) atoms. The third-order valence-corrected chi connectivity index (χ3v) is 4.43. The summed E-state index contributed by atoms with van der Waals surface area (Å²) in [7, 11) is 1.74. The van der Waals surface area contributed by atoms with E-state index in [1.54, 1.807) is 23.3 Å². The standard InChI is InChI=1S/C11H11F3N2S2/c1-7-3-4-8(17-7)6-16(2)10-15-5-9(18-10)11(12,13)14/h3-5H,6H2,1-2H3. The van der Waals surface area contributed by atoms with Crippen LogP contribution in [0.3, 0.4) is 0 Å². The first-order valence-electron chi connectivity index (χ1n) is 5.16. The van der Waals surface area contributed by atoms with Gasteiger partial charge in [0.05, 0.1) is 12.7 Å². The Hall–Kier alpha value is -1.08. The molecule has 2 heterocycles. The number of anilines is 1. The van der Waals surface area contributed by atoms with Gasteiger partial charge in [-0.25, -0.2) is 4.98 Å². The highest BCUT2D eigenvalue weighted by molar-refractivity contribution is 7.15. The predicted octanol–water partition coefficient (Wildman–Crippen LogP) is 4.17. The van der Waals surface area contributed by atoms with Crippen molar-refractivity contribution in [2.45, 2.75) is 19.6 Å². The van der Waals surface area contributed by atoms with E-state index in [9.17, 15) is 13.2 Å². The second-order valence-electron chi connectivity index (χ2n) is 3.87. The monoisotopic (exact) mass is 292 g/mol. The minimum absolute atomic E-state index is 0.383. The van der Waals surface area contributed by atoms with Gasteiger partial charge in [0.1, 0.15) is 4.88 Å². The molecule has 0 aliphatic carbocycles. The number of halogens is 3. The number of hydrogen-bond acceptors (Lipinski definition) is 4. The second-order valence-corrected chi connectivity index (χ2v) is 6.25. The third-order valence-electron chi connectivity index (χ3n) is 2.29. The molecule has 0 atom stereocenters. The van der Waals surface area contributed by atoms with Crippen LogP contribution in [0.2, 0.25) is 0 Å². The molecule has 0 radical (unpaired) electrons. The quantitative estimate of drug-likeness (QED) is 0.844. The average molecular weight is 292 g/mol. The Bertz CT molecular complexity index is 530. The van der Waals surface area contributed by atoms with Gasteiger partial charge >= 0.3 is 6.18 Å². The van der Waals surface area contributed by atoms with Crippen LogP contribution in [0.15, 0.2) is 18.3 Å². The molecule has 0 saturated carbocycles. The summed E-state index contributed by atoms with van der Waals surface area (Å²) in [5, 5.41) is 0.383. The molecule has 0 spiro atoms. The van der Waals surface area contributed by atoms with Crippen molar-refractivity contribution in [1.29, 1.82) is 0 Å². The maximum atomic E-state index is 12.4. The Morgan fingerprint density at radius 1 is 1.28 bits per heavy atom. The largest absolute Gasteiger partial charge is 0.427 e. The van der Waals surface area contributed by atoms with Crippen LogP contribution in [-0.4, -0.2) is 12.0 Å². The van der Waals surface area contributed by atoms with Crippen molar-refractivity contribution >= 4 is 27.8 Å². The topological polar surface area (TPSA) is 16.1 Å². The first kappa shape index (κ1) is 13.4. The van der Waals surface area contributed by atoms with Gasteiger partial charge in [-0.1, -0.05) is 11.3 Å². The van der Waals surface area contributed by atoms with E-state index in [4.69, 9.17) is 0 Å². The fourth-order valence-corrected chi connectivity index (χ4v) is 3.13. The number of aryl methyl sites for hydroxylation is 1. The number of rotatable bonds is 3. The van der Waals surface area contributed by atoms with Crippen molar-refractivity contribution in [3.63, 3.8) is 0 Å². The predicted molar refractivity (Wildman–Crippen MR) is 68.3 cm³/mol. The van der Waals surface area contributed by atoms with Crippen molar-refractivity contribution in [1.82, 2.24) is 4.98 Å². The number of thiophene rings is 1. The molecule has 0 aliphatic rings. The summed E-state index contributed by atoms with van der Waals surface area (Å²) in [6.07, 6.45) is -3.42. The first-order valence-corrected chi connectivity index (χ1v) is 6.79. The Balaban J connectivity index is 2.09. The van der Waals surface area contributed by atoms with Crippen LogP contribution in [-0.2, 0) is 12.7 Å². The molecule has 98 valence electrons. The van der Waals surface area contributed by atoms with E-state index >= 15 is 0 Å². The molecule has 0 N–H and O–H groups in total. The third kappa shape index (κ3) is 3.02. The number of hydrogen-bond donors (Lipinski definition) is 0. The van der Waals surface area contributed by atoms with Crippen LogP contribution in [0, 0.1) is 6.92 Å². The molecule has 2 nitrogen and oxygen atoms in total. The summed E-state index contributed by atoms with van der Waals surface area (Å²) >= 11 is 2.30. The van der Waals surface area contributed by atoms with Gasteiger partial charge in [0.2, 0.25) is 0 Å². The van der Waals surface area contributed by atoms with Crippen molar-refractivity contribution in [3.05, 3.63) is 33.0 Å². The summed E-state index contributed by atoms with van der Waals surface area (Å²) in [4.78, 5) is 7.18. The normalized spacial score (nSPS) is 11.8. The average Bonchev–Trinajstić information content (AvgIpc) is 2.85. The lowest BCUT2D eigenvalue weighted by atomic mass is 10.4. The molecular formula is C11H11F3N2S2. The minimum Gasteiger partial charge on any atom is -0.346 e. The molecule has 2 aromatic rings. The maximum absolute atomic E-state index is 12.4. The van der Waals surface area contributed by atoms with Crippen molar-refractivity contribution in [2.24, 2.45) is 0 Å². The van der Waals surface area contributed by atoms with E-state index < -0.39 is 11.1 Å². The molecule has 0 bridgehead atoms. The van der Waals surface area contributed by atoms with Gasteiger partial charge in [-0.05, 0) is 19.1 Å². The van der Waals surface area contributed by atoms with Crippen LogP contribution >= 0.6 is 22.7 Å². The van der Waals surface area contributed by atoms with E-state index in [0.29, 0.717) is 23.0 Å². The van der Waals surface area contributed by atoms with E-state index in [1.807, 2.05) is 19.1 Å². The second kappa shape index (κ2) is 4.89. The molecule has 7 heteroatoms. The van der Waals surface area contributed by atoms with E-state index in [-0.39, 0.29) is 0 Å². The summed E-state index contributed by atoms with van der Waals surface area (Å²) in [5.74, 6) is 0. The Kier molecular flexibility index (Phi) is 3.63. The fraction of sp³-hybridized carbons (Fsp3) is 0.364. The number of thiazole rings is 1. The Morgan fingerprint density at radius 2 is 2.00 bits per heavy atom. The highest BCUT2D eigenvalue weighted by Crippen LogP contribution is 2.36. The molecule has 0 unspecified atom stereocenters. The van der Waals surface area contributed by atoms with Crippen LogP contribution in [0.25, 0.3) is 0 Å². The highest BCUT2D eigenvalue weighted by atomic mass is 32.1. The lowest BCUT2D eigenvalue weighted by Gasteiger charge is -2.14. The SMILES string of the molecule is Cc1ccc(CN(C)c2ncc(C(F)(F)F)s2)s1. The van der Waals surface area contributed by atoms with Crippen LogP contribution in [0.4, 0.5) is 18.3 Å². The van der Waals surface area contributed by atoms with Crippen LogP contribution in [0.1, 0.15) is 14.6 Å². The van der Waals surface area contributed by atoms with Gasteiger partial charge in [-0.2, -0.15) is 13.2 Å². The molecule has 0 saturated heterocycles. The van der Waals surface area contributed by atoms with Crippen LogP contribution < -0.4 is 4.90 Å². The van der Waals surface area contributed by atoms with Gasteiger partial charge in [0, 0.05) is 16.8 Å².